The predicted molar refractivity (Wildman–Crippen MR) is 52.2 cm³/mol. The second-order valence-electron chi connectivity index (χ2n) is 4.97. The van der Waals surface area contributed by atoms with Crippen LogP contribution < -0.4 is 0 Å². The Kier molecular flexibility index (Phi) is 2.83. The van der Waals surface area contributed by atoms with Gasteiger partial charge in [-0.3, -0.25) is 9.69 Å². The Balaban J connectivity index is 2.72. The molecule has 1 fully saturated rings. The minimum atomic E-state index is -0.981. The third-order valence-corrected chi connectivity index (χ3v) is 2.40. The molecule has 1 rings (SSSR count). The molecule has 4 heteroatoms. The quantitative estimate of drug-likeness (QED) is 0.699. The van der Waals surface area contributed by atoms with Crippen LogP contribution in [0.25, 0.3) is 0 Å². The molecule has 1 amide bonds. The molecule has 1 atom stereocenters. The van der Waals surface area contributed by atoms with Crippen LogP contribution in [0.3, 0.4) is 0 Å². The highest BCUT2D eigenvalue weighted by molar-refractivity contribution is 5.90. The summed E-state index contributed by atoms with van der Waals surface area (Å²) < 4.78 is 0. The highest BCUT2D eigenvalue weighted by atomic mass is 16.4. The van der Waals surface area contributed by atoms with Gasteiger partial charge in [-0.1, -0.05) is 20.8 Å². The minimum absolute atomic E-state index is 0.0155. The zero-order valence-electron chi connectivity index (χ0n) is 8.91. The van der Waals surface area contributed by atoms with Gasteiger partial charge in [0.1, 0.15) is 0 Å². The average Bonchev–Trinajstić information content (AvgIpc) is 2.29. The van der Waals surface area contributed by atoms with E-state index in [0.717, 1.165) is 0 Å². The first-order chi connectivity index (χ1) is 6.31. The van der Waals surface area contributed by atoms with E-state index in [9.17, 15) is 9.59 Å². The van der Waals surface area contributed by atoms with E-state index in [1.165, 1.54) is 4.90 Å². The van der Waals surface area contributed by atoms with Crippen molar-refractivity contribution in [2.75, 3.05) is 6.54 Å². The summed E-state index contributed by atoms with van der Waals surface area (Å²) >= 11 is 0. The van der Waals surface area contributed by atoms with Gasteiger partial charge in [-0.25, -0.2) is 4.79 Å². The topological polar surface area (TPSA) is 57.6 Å². The van der Waals surface area contributed by atoms with Gasteiger partial charge >= 0.3 is 6.09 Å². The molecule has 1 aliphatic heterocycles. The van der Waals surface area contributed by atoms with Crippen LogP contribution in [0, 0.1) is 5.41 Å². The van der Waals surface area contributed by atoms with Crippen molar-refractivity contribution in [1.82, 2.24) is 4.90 Å². The molecule has 1 N–H and O–H groups in total. The number of carbonyl (C=O) groups is 2. The first-order valence-electron chi connectivity index (χ1n) is 4.83. The van der Waals surface area contributed by atoms with Crippen LogP contribution in [0.2, 0.25) is 0 Å². The molecular formula is C10H17NO3. The first kappa shape index (κ1) is 11.0. The highest BCUT2D eigenvalue weighted by Gasteiger charge is 2.37. The Labute approximate surface area is 83.9 Å². The lowest BCUT2D eigenvalue weighted by molar-refractivity contribution is -0.120. The van der Waals surface area contributed by atoms with E-state index in [4.69, 9.17) is 5.11 Å². The van der Waals surface area contributed by atoms with Gasteiger partial charge in [0.05, 0.1) is 6.04 Å². The van der Waals surface area contributed by atoms with E-state index < -0.39 is 12.1 Å². The number of carbonyl (C=O) groups excluding carboxylic acids is 1. The van der Waals surface area contributed by atoms with E-state index in [1.807, 2.05) is 20.8 Å². The summed E-state index contributed by atoms with van der Waals surface area (Å²) in [5.74, 6) is 0.0577. The number of amides is 1. The molecule has 1 aliphatic rings. The number of nitrogens with zero attached hydrogens (tertiary/aromatic N) is 1. The number of hydrogen-bond acceptors (Lipinski definition) is 2. The van der Waals surface area contributed by atoms with Crippen molar-refractivity contribution in [3.8, 4) is 0 Å². The summed E-state index contributed by atoms with van der Waals surface area (Å²) in [6.07, 6.45) is -0.00403. The van der Waals surface area contributed by atoms with Crippen molar-refractivity contribution < 1.29 is 14.7 Å². The molecule has 0 unspecified atom stereocenters. The van der Waals surface area contributed by atoms with E-state index in [2.05, 4.69) is 0 Å². The van der Waals surface area contributed by atoms with Gasteiger partial charge in [0.15, 0.2) is 5.78 Å². The first-order valence-corrected chi connectivity index (χ1v) is 4.83. The number of carboxylic acid groups (broad SMARTS) is 1. The molecule has 0 bridgehead atoms. The Morgan fingerprint density at radius 2 is 2.14 bits per heavy atom. The van der Waals surface area contributed by atoms with E-state index in [0.29, 0.717) is 19.4 Å². The maximum absolute atomic E-state index is 11.5. The number of hydrogen-bond donors (Lipinski definition) is 1. The maximum atomic E-state index is 11.5. The number of rotatable bonds is 1. The van der Waals surface area contributed by atoms with Crippen molar-refractivity contribution in [3.63, 3.8) is 0 Å². The SMILES string of the molecule is CC(C)(C)C[C@H]1C(=O)CCN1C(=O)O. The summed E-state index contributed by atoms with van der Waals surface area (Å²) in [6, 6.07) is -0.424. The Morgan fingerprint density at radius 1 is 1.57 bits per heavy atom. The molecule has 0 aromatic heterocycles. The monoisotopic (exact) mass is 199 g/mol. The smallest absolute Gasteiger partial charge is 0.407 e. The fourth-order valence-corrected chi connectivity index (χ4v) is 1.76. The minimum Gasteiger partial charge on any atom is -0.465 e. The Morgan fingerprint density at radius 3 is 2.57 bits per heavy atom. The third-order valence-electron chi connectivity index (χ3n) is 2.40. The predicted octanol–water partition coefficient (Wildman–Crippen LogP) is 1.74. The fraction of sp³-hybridized carbons (Fsp3) is 0.800. The lowest BCUT2D eigenvalue weighted by atomic mass is 9.87. The lowest BCUT2D eigenvalue weighted by Crippen LogP contribution is -2.39. The maximum Gasteiger partial charge on any atom is 0.407 e. The molecular weight excluding hydrogens is 182 g/mol. The average molecular weight is 199 g/mol. The van der Waals surface area contributed by atoms with Crippen molar-refractivity contribution >= 4 is 11.9 Å². The standard InChI is InChI=1S/C10H17NO3/c1-10(2,3)6-7-8(12)4-5-11(7)9(13)14/h7H,4-6H2,1-3H3,(H,13,14)/t7-/m0/s1. The van der Waals surface area contributed by atoms with Crippen LogP contribution in [-0.2, 0) is 4.79 Å². The molecule has 14 heavy (non-hydrogen) atoms. The Hall–Kier alpha value is -1.06. The summed E-state index contributed by atoms with van der Waals surface area (Å²) in [7, 11) is 0. The second-order valence-corrected chi connectivity index (χ2v) is 4.97. The van der Waals surface area contributed by atoms with E-state index in [1.54, 1.807) is 0 Å². The van der Waals surface area contributed by atoms with E-state index >= 15 is 0 Å². The molecule has 80 valence electrons. The third kappa shape index (κ3) is 2.47. The molecule has 0 aromatic rings. The summed E-state index contributed by atoms with van der Waals surface area (Å²) in [5, 5.41) is 8.87. The van der Waals surface area contributed by atoms with Gasteiger partial charge < -0.3 is 5.11 Å². The van der Waals surface area contributed by atoms with Crippen LogP contribution in [0.4, 0.5) is 4.79 Å². The van der Waals surface area contributed by atoms with Gasteiger partial charge in [-0.15, -0.1) is 0 Å². The van der Waals surface area contributed by atoms with Crippen molar-refractivity contribution in [2.24, 2.45) is 5.41 Å². The van der Waals surface area contributed by atoms with Crippen LogP contribution in [0.1, 0.15) is 33.6 Å². The van der Waals surface area contributed by atoms with Crippen molar-refractivity contribution in [1.29, 1.82) is 0 Å². The second kappa shape index (κ2) is 3.59. The molecule has 0 saturated carbocycles. The molecule has 0 aromatic carbocycles. The highest BCUT2D eigenvalue weighted by Crippen LogP contribution is 2.27. The van der Waals surface area contributed by atoms with Gasteiger partial charge in [0, 0.05) is 13.0 Å². The molecule has 0 aliphatic carbocycles. The zero-order chi connectivity index (χ0) is 10.9. The Bertz CT molecular complexity index is 255. The van der Waals surface area contributed by atoms with Crippen molar-refractivity contribution in [2.45, 2.75) is 39.7 Å². The zero-order valence-corrected chi connectivity index (χ0v) is 8.91. The lowest BCUT2D eigenvalue weighted by Gasteiger charge is -2.27. The summed E-state index contributed by atoms with van der Waals surface area (Å²) in [6.45, 7) is 6.39. The van der Waals surface area contributed by atoms with E-state index in [-0.39, 0.29) is 11.2 Å². The summed E-state index contributed by atoms with van der Waals surface area (Å²) in [4.78, 5) is 23.5. The van der Waals surface area contributed by atoms with Gasteiger partial charge in [-0.2, -0.15) is 0 Å². The normalized spacial score (nSPS) is 22.9. The van der Waals surface area contributed by atoms with Crippen LogP contribution in [0.5, 0.6) is 0 Å². The number of Topliss-reactive ketones (excluding diaryl/α,β-unsaturated/α-hetero) is 1. The summed E-state index contributed by atoms with van der Waals surface area (Å²) in [5.41, 5.74) is -0.0155. The van der Waals surface area contributed by atoms with Crippen molar-refractivity contribution in [3.05, 3.63) is 0 Å². The largest absolute Gasteiger partial charge is 0.465 e. The molecule has 1 saturated heterocycles. The van der Waals surface area contributed by atoms with Gasteiger partial charge in [0.2, 0.25) is 0 Å². The fourth-order valence-electron chi connectivity index (χ4n) is 1.76. The van der Waals surface area contributed by atoms with Crippen LogP contribution in [-0.4, -0.2) is 34.5 Å². The van der Waals surface area contributed by atoms with Crippen LogP contribution >= 0.6 is 0 Å². The molecule has 0 spiro atoms. The van der Waals surface area contributed by atoms with Gasteiger partial charge in [0.25, 0.3) is 0 Å². The molecule has 1 heterocycles. The molecule has 0 radical (unpaired) electrons. The molecule has 4 nitrogen and oxygen atoms in total. The van der Waals surface area contributed by atoms with Crippen LogP contribution in [0.15, 0.2) is 0 Å². The number of ketones is 1. The number of likely N-dealkylation sites (tertiary alicyclic amines) is 1. The van der Waals surface area contributed by atoms with Gasteiger partial charge in [-0.05, 0) is 11.8 Å².